The third kappa shape index (κ3) is 10.3. The first-order valence-corrected chi connectivity index (χ1v) is 19.4. The van der Waals surface area contributed by atoms with Crippen LogP contribution in [0.2, 0.25) is 0 Å². The molecule has 3 aliphatic rings. The Morgan fingerprint density at radius 3 is 2.12 bits per heavy atom. The second-order valence-electron chi connectivity index (χ2n) is 15.2. The van der Waals surface area contributed by atoms with E-state index in [1.807, 2.05) is 91.9 Å². The van der Waals surface area contributed by atoms with Crippen LogP contribution < -0.4 is 5.32 Å². The number of carbonyl (C=O) groups excluding carboxylic acids is 1. The number of para-hydroxylation sites is 1. The van der Waals surface area contributed by atoms with Gasteiger partial charge >= 0.3 is 23.9 Å². The summed E-state index contributed by atoms with van der Waals surface area (Å²) in [6.45, 7) is 1.95. The van der Waals surface area contributed by atoms with Crippen LogP contribution >= 0.6 is 0 Å². The molecule has 1 heterocycles. The van der Waals surface area contributed by atoms with Crippen LogP contribution in [0.1, 0.15) is 68.2 Å². The molecular weight excluding hydrogens is 728 g/mol. The van der Waals surface area contributed by atoms with Crippen molar-refractivity contribution in [2.24, 2.45) is 35.0 Å². The van der Waals surface area contributed by atoms with Gasteiger partial charge in [0.05, 0.1) is 40.5 Å². The second-order valence-corrected chi connectivity index (χ2v) is 15.2. The van der Waals surface area contributed by atoms with Gasteiger partial charge in [0.1, 0.15) is 0 Å². The number of aryl methyl sites for hydroxylation is 1. The number of aliphatic hydroxyl groups excluding tert-OH is 1. The maximum atomic E-state index is 12.2. The minimum atomic E-state index is -1.33. The Morgan fingerprint density at radius 1 is 0.772 bits per heavy atom. The van der Waals surface area contributed by atoms with Crippen molar-refractivity contribution in [1.82, 2.24) is 4.98 Å². The lowest BCUT2D eigenvalue weighted by Crippen LogP contribution is -2.46. The van der Waals surface area contributed by atoms with Crippen molar-refractivity contribution in [1.29, 1.82) is 0 Å². The summed E-state index contributed by atoms with van der Waals surface area (Å²) in [7, 11) is 0. The maximum absolute atomic E-state index is 12.2. The smallest absolute Gasteiger partial charge is 0.328 e. The minimum absolute atomic E-state index is 0.169. The molecule has 1 aromatic heterocycles. The molecule has 12 nitrogen and oxygen atoms in total. The molecule has 57 heavy (non-hydrogen) atoms. The quantitative estimate of drug-likeness (QED) is 0.0926. The van der Waals surface area contributed by atoms with Crippen LogP contribution in [0.4, 0.5) is 5.69 Å². The molecule has 3 aliphatic carbocycles. The lowest BCUT2D eigenvalue weighted by atomic mass is 9.63. The number of nitrogens with zero attached hydrogens (tertiary/aromatic N) is 1. The zero-order chi connectivity index (χ0) is 41.1. The lowest BCUT2D eigenvalue weighted by molar-refractivity contribution is -0.167. The molecule has 0 saturated heterocycles. The molecule has 0 bridgehead atoms. The number of fused-ring (bicyclic) bond motifs is 2. The van der Waals surface area contributed by atoms with Gasteiger partial charge in [0.25, 0.3) is 0 Å². The predicted octanol–water partition coefficient (Wildman–Crippen LogP) is 7.34. The van der Waals surface area contributed by atoms with Crippen LogP contribution in [-0.4, -0.2) is 66.4 Å². The molecule has 300 valence electrons. The first kappa shape index (κ1) is 42.3. The van der Waals surface area contributed by atoms with Gasteiger partial charge in [0.2, 0.25) is 5.91 Å². The number of carboxylic acids is 4. The van der Waals surface area contributed by atoms with Gasteiger partial charge in [-0.3, -0.25) is 19.2 Å². The van der Waals surface area contributed by atoms with Crippen LogP contribution in [0, 0.1) is 41.9 Å². The molecule has 7 atom stereocenters. The van der Waals surface area contributed by atoms with Crippen molar-refractivity contribution in [3.8, 4) is 0 Å². The van der Waals surface area contributed by atoms with E-state index in [-0.39, 0.29) is 5.91 Å². The number of carbonyl (C=O) groups is 5. The summed E-state index contributed by atoms with van der Waals surface area (Å²) >= 11 is 0. The zero-order valence-electron chi connectivity index (χ0n) is 31.9. The molecule has 3 saturated carbocycles. The molecule has 12 heteroatoms. The number of pyridine rings is 1. The lowest BCUT2D eigenvalue weighted by Gasteiger charge is -2.38. The predicted molar refractivity (Wildman–Crippen MR) is 214 cm³/mol. The molecule has 4 aromatic rings. The highest BCUT2D eigenvalue weighted by Crippen LogP contribution is 2.59. The summed E-state index contributed by atoms with van der Waals surface area (Å²) in [5.74, 6) is -7.18. The van der Waals surface area contributed by atoms with Crippen molar-refractivity contribution in [3.05, 3.63) is 114 Å². The Kier molecular flexibility index (Phi) is 14.3. The molecule has 5 unspecified atom stereocenters. The van der Waals surface area contributed by atoms with E-state index in [4.69, 9.17) is 5.11 Å². The van der Waals surface area contributed by atoms with E-state index >= 15 is 0 Å². The largest absolute Gasteiger partial charge is 0.481 e. The third-order valence-corrected chi connectivity index (χ3v) is 11.6. The Bertz CT molecular complexity index is 2080. The molecule has 0 radical (unpaired) electrons. The van der Waals surface area contributed by atoms with E-state index < -0.39 is 65.0 Å². The Hall–Kier alpha value is -5.88. The Balaban J connectivity index is 0.000000167. The van der Waals surface area contributed by atoms with Crippen LogP contribution in [0.3, 0.4) is 0 Å². The average molecular weight is 779 g/mol. The standard InChI is InChI=1S/C18H22O5.C15H19NO3.C12H9NO2/c19-15-12(10-11-6-2-1-3-7-11)14(16(20)21)18(17(22)23)9-5-4-8-13(15)18;1-10-5-4-6-11(9-10)16-14(17)12-7-2-3-8-13(12)15(18)19;14-12(15)8-7-10-6-5-9-3-1-2-4-11(9)13-10/h1-3,6-7,12-15,19H,4-5,8-10H2,(H,20,21)(H,22,23);4-6,9,12-13H,2-3,7-8H2,1H3,(H,16,17)(H,18,19);1-8H,(H,14,15)/t;12-,13+;/m.0./s1. The molecule has 7 rings (SSSR count). The Labute approximate surface area is 331 Å². The van der Waals surface area contributed by atoms with E-state index in [9.17, 15) is 44.4 Å². The van der Waals surface area contributed by atoms with Gasteiger partial charge in [0, 0.05) is 29.0 Å². The van der Waals surface area contributed by atoms with Crippen molar-refractivity contribution in [2.45, 2.75) is 70.8 Å². The fraction of sp³-hybridized carbons (Fsp3) is 0.378. The van der Waals surface area contributed by atoms with E-state index in [0.29, 0.717) is 44.2 Å². The normalized spacial score (nSPS) is 25.2. The first-order valence-electron chi connectivity index (χ1n) is 19.4. The van der Waals surface area contributed by atoms with Gasteiger partial charge in [-0.25, -0.2) is 9.78 Å². The van der Waals surface area contributed by atoms with Gasteiger partial charge in [-0.05, 0) is 80.5 Å². The molecule has 3 fully saturated rings. The summed E-state index contributed by atoms with van der Waals surface area (Å²) in [5.41, 5.74) is 2.92. The average Bonchev–Trinajstić information content (AvgIpc) is 3.46. The highest BCUT2D eigenvalue weighted by molar-refractivity contribution is 5.95. The van der Waals surface area contributed by atoms with E-state index in [2.05, 4.69) is 10.3 Å². The Morgan fingerprint density at radius 2 is 1.46 bits per heavy atom. The van der Waals surface area contributed by atoms with Crippen molar-refractivity contribution in [3.63, 3.8) is 0 Å². The topological polar surface area (TPSA) is 211 Å². The number of nitrogens with one attached hydrogen (secondary N) is 1. The molecule has 3 aromatic carbocycles. The number of rotatable bonds is 9. The van der Waals surface area contributed by atoms with Gasteiger partial charge in [0.15, 0.2) is 0 Å². The number of benzene rings is 3. The number of hydrogen-bond donors (Lipinski definition) is 6. The highest BCUT2D eigenvalue weighted by atomic mass is 16.4. The number of amides is 1. The van der Waals surface area contributed by atoms with Gasteiger partial charge in [-0.1, -0.05) is 92.4 Å². The van der Waals surface area contributed by atoms with Crippen molar-refractivity contribution < 1.29 is 49.5 Å². The van der Waals surface area contributed by atoms with Crippen LogP contribution in [0.15, 0.2) is 97.1 Å². The van der Waals surface area contributed by atoms with Gasteiger partial charge in [-0.15, -0.1) is 0 Å². The summed E-state index contributed by atoms with van der Waals surface area (Å²) in [4.78, 5) is 62.0. The van der Waals surface area contributed by atoms with Gasteiger partial charge in [-0.2, -0.15) is 0 Å². The zero-order valence-corrected chi connectivity index (χ0v) is 31.9. The summed E-state index contributed by atoms with van der Waals surface area (Å²) in [5, 5.41) is 51.9. The summed E-state index contributed by atoms with van der Waals surface area (Å²) in [6, 6.07) is 28.3. The summed E-state index contributed by atoms with van der Waals surface area (Å²) in [6.07, 6.45) is 7.63. The van der Waals surface area contributed by atoms with Gasteiger partial charge < -0.3 is 30.8 Å². The van der Waals surface area contributed by atoms with Crippen molar-refractivity contribution >= 4 is 52.5 Å². The number of aromatic nitrogens is 1. The number of anilines is 1. The highest BCUT2D eigenvalue weighted by Gasteiger charge is 2.66. The SMILES string of the molecule is Cc1cccc(NC(=O)[C@H]2CCCC[C@H]2C(=O)O)c1.O=C(O)C1C(Cc2ccccc2)C(O)C2CCCCC21C(=O)O.O=C(O)C=Cc1ccc2ccccc2n1. The van der Waals surface area contributed by atoms with E-state index in [1.165, 1.54) is 6.08 Å². The number of hydrogen-bond acceptors (Lipinski definition) is 7. The number of carboxylic acid groups (broad SMARTS) is 4. The van der Waals surface area contributed by atoms with Crippen LogP contribution in [0.5, 0.6) is 0 Å². The fourth-order valence-electron chi connectivity index (χ4n) is 8.92. The third-order valence-electron chi connectivity index (χ3n) is 11.6. The fourth-order valence-corrected chi connectivity index (χ4v) is 8.92. The second kappa shape index (κ2) is 19.3. The molecule has 0 spiro atoms. The summed E-state index contributed by atoms with van der Waals surface area (Å²) < 4.78 is 0. The van der Waals surface area contributed by atoms with Crippen LogP contribution in [0.25, 0.3) is 17.0 Å². The molecule has 1 amide bonds. The molecular formula is C45H50N2O10. The monoisotopic (exact) mass is 778 g/mol. The number of aliphatic hydroxyl groups is 1. The van der Waals surface area contributed by atoms with E-state index in [0.717, 1.165) is 53.1 Å². The van der Waals surface area contributed by atoms with Crippen LogP contribution in [-0.2, 0) is 30.4 Å². The maximum Gasteiger partial charge on any atom is 0.328 e. The minimum Gasteiger partial charge on any atom is -0.481 e. The molecule has 0 aliphatic heterocycles. The van der Waals surface area contributed by atoms with E-state index in [1.54, 1.807) is 6.07 Å². The molecule has 6 N–H and O–H groups in total. The number of aliphatic carboxylic acids is 4. The first-order chi connectivity index (χ1) is 27.3. The van der Waals surface area contributed by atoms with Crippen molar-refractivity contribution in [2.75, 3.05) is 5.32 Å².